The Bertz CT molecular complexity index is 259. The monoisotopic (exact) mass is 179 g/mol. The van der Waals surface area contributed by atoms with Crippen molar-refractivity contribution in [3.05, 3.63) is 18.7 Å². The Labute approximate surface area is 80.2 Å². The normalized spacial score (nSPS) is 19.2. The molecule has 0 aliphatic heterocycles. The average Bonchev–Trinajstić information content (AvgIpc) is 2.67. The second-order valence-corrected chi connectivity index (χ2v) is 3.98. The molecule has 0 radical (unpaired) electrons. The van der Waals surface area contributed by atoms with Crippen LogP contribution in [0.2, 0.25) is 0 Å². The van der Waals surface area contributed by atoms with Crippen LogP contribution in [-0.2, 0) is 6.54 Å². The fourth-order valence-corrected chi connectivity index (χ4v) is 2.19. The molecule has 0 N–H and O–H groups in total. The maximum Gasteiger partial charge on any atom is 0.243 e. The van der Waals surface area contributed by atoms with Gasteiger partial charge < -0.3 is 0 Å². The van der Waals surface area contributed by atoms with Gasteiger partial charge in [-0.3, -0.25) is 0 Å². The highest BCUT2D eigenvalue weighted by Crippen LogP contribution is 2.27. The summed E-state index contributed by atoms with van der Waals surface area (Å²) in [5.41, 5.74) is 0. The summed E-state index contributed by atoms with van der Waals surface area (Å²) < 4.78 is 4.64. The third-order valence-corrected chi connectivity index (χ3v) is 3.07. The lowest BCUT2D eigenvalue weighted by Gasteiger charge is -2.18. The first-order valence-electron chi connectivity index (χ1n) is 5.46. The number of imidazole rings is 1. The van der Waals surface area contributed by atoms with Gasteiger partial charge in [-0.25, -0.2) is 9.13 Å². The highest BCUT2D eigenvalue weighted by molar-refractivity contribution is 4.77. The van der Waals surface area contributed by atoms with E-state index in [1.807, 2.05) is 0 Å². The highest BCUT2D eigenvalue weighted by Gasteiger charge is 2.19. The van der Waals surface area contributed by atoms with Crippen molar-refractivity contribution in [1.29, 1.82) is 0 Å². The highest BCUT2D eigenvalue weighted by atomic mass is 15.1. The van der Waals surface area contributed by atoms with Gasteiger partial charge in [0.05, 0.1) is 6.54 Å². The van der Waals surface area contributed by atoms with E-state index in [1.165, 1.54) is 32.1 Å². The van der Waals surface area contributed by atoms with Crippen LogP contribution in [0.5, 0.6) is 0 Å². The Morgan fingerprint density at radius 3 is 2.69 bits per heavy atom. The second-order valence-electron chi connectivity index (χ2n) is 3.98. The minimum absolute atomic E-state index is 0.779. The van der Waals surface area contributed by atoms with Crippen LogP contribution in [0, 0.1) is 0 Å². The number of aromatic nitrogens is 2. The van der Waals surface area contributed by atoms with E-state index in [2.05, 4.69) is 34.8 Å². The molecule has 1 aromatic heterocycles. The Morgan fingerprint density at radius 2 is 2.08 bits per heavy atom. The smallest absolute Gasteiger partial charge is 0.237 e. The zero-order valence-electron chi connectivity index (χ0n) is 8.45. The van der Waals surface area contributed by atoms with Crippen LogP contribution in [0.1, 0.15) is 45.1 Å². The summed E-state index contributed by atoms with van der Waals surface area (Å²) in [6.07, 6.45) is 13.6. The van der Waals surface area contributed by atoms with Crippen molar-refractivity contribution in [2.24, 2.45) is 0 Å². The van der Waals surface area contributed by atoms with Gasteiger partial charge in [-0.1, -0.05) is 6.42 Å². The van der Waals surface area contributed by atoms with Crippen LogP contribution in [0.25, 0.3) is 0 Å². The molecular formula is C11H19N2+. The topological polar surface area (TPSA) is 8.81 Å². The Balaban J connectivity index is 2.05. The van der Waals surface area contributed by atoms with Gasteiger partial charge in [0, 0.05) is 0 Å². The lowest BCUT2D eigenvalue weighted by molar-refractivity contribution is -0.693. The third-order valence-electron chi connectivity index (χ3n) is 3.07. The van der Waals surface area contributed by atoms with E-state index in [4.69, 9.17) is 0 Å². The minimum atomic E-state index is 0.779. The Morgan fingerprint density at radius 1 is 1.31 bits per heavy atom. The first-order chi connectivity index (χ1) is 6.40. The molecule has 0 amide bonds. The van der Waals surface area contributed by atoms with Gasteiger partial charge in [0.2, 0.25) is 6.33 Å². The van der Waals surface area contributed by atoms with Crippen LogP contribution < -0.4 is 4.57 Å². The number of nitrogens with zero attached hydrogens (tertiary/aromatic N) is 2. The SMILES string of the molecule is CC[n+]1ccn(C2CCCCC2)c1. The molecule has 72 valence electrons. The molecule has 1 aliphatic rings. The average molecular weight is 179 g/mol. The fraction of sp³-hybridized carbons (Fsp3) is 0.727. The van der Waals surface area contributed by atoms with Gasteiger partial charge in [-0.05, 0) is 32.6 Å². The number of rotatable bonds is 2. The molecule has 2 rings (SSSR count). The van der Waals surface area contributed by atoms with Crippen LogP contribution in [0.3, 0.4) is 0 Å². The molecule has 1 heterocycles. The molecule has 1 fully saturated rings. The van der Waals surface area contributed by atoms with Gasteiger partial charge in [-0.15, -0.1) is 0 Å². The van der Waals surface area contributed by atoms with Gasteiger partial charge in [0.1, 0.15) is 18.4 Å². The van der Waals surface area contributed by atoms with E-state index in [0.29, 0.717) is 0 Å². The first-order valence-corrected chi connectivity index (χ1v) is 5.46. The van der Waals surface area contributed by atoms with Gasteiger partial charge in [0.25, 0.3) is 0 Å². The molecule has 0 aromatic carbocycles. The zero-order valence-corrected chi connectivity index (χ0v) is 8.45. The van der Waals surface area contributed by atoms with Crippen LogP contribution in [-0.4, -0.2) is 4.57 Å². The number of hydrogen-bond donors (Lipinski definition) is 0. The maximum atomic E-state index is 2.39. The van der Waals surface area contributed by atoms with Gasteiger partial charge >= 0.3 is 0 Å². The lowest BCUT2D eigenvalue weighted by Crippen LogP contribution is -2.29. The molecule has 0 saturated heterocycles. The van der Waals surface area contributed by atoms with Crippen molar-refractivity contribution < 1.29 is 4.57 Å². The Kier molecular flexibility index (Phi) is 2.67. The zero-order chi connectivity index (χ0) is 9.10. The molecule has 2 heteroatoms. The standard InChI is InChI=1S/C11H19N2/c1-2-12-8-9-13(10-12)11-6-4-3-5-7-11/h8-11H,2-7H2,1H3/q+1. The molecule has 2 nitrogen and oxygen atoms in total. The summed E-state index contributed by atoms with van der Waals surface area (Å²) in [7, 11) is 0. The fourth-order valence-electron chi connectivity index (χ4n) is 2.19. The number of hydrogen-bond acceptors (Lipinski definition) is 0. The van der Waals surface area contributed by atoms with E-state index >= 15 is 0 Å². The van der Waals surface area contributed by atoms with Crippen LogP contribution in [0.15, 0.2) is 18.7 Å². The van der Waals surface area contributed by atoms with E-state index in [1.54, 1.807) is 0 Å². The largest absolute Gasteiger partial charge is 0.243 e. The third kappa shape index (κ3) is 1.93. The predicted molar refractivity (Wildman–Crippen MR) is 52.4 cm³/mol. The molecule has 1 saturated carbocycles. The Hall–Kier alpha value is -0.790. The summed E-state index contributed by atoms with van der Waals surface area (Å²) >= 11 is 0. The minimum Gasteiger partial charge on any atom is -0.237 e. The van der Waals surface area contributed by atoms with Gasteiger partial charge in [-0.2, -0.15) is 0 Å². The lowest BCUT2D eigenvalue weighted by atomic mass is 9.95. The summed E-state index contributed by atoms with van der Waals surface area (Å²) in [6, 6.07) is 0.779. The summed E-state index contributed by atoms with van der Waals surface area (Å²) in [5, 5.41) is 0. The first kappa shape index (κ1) is 8.79. The molecule has 0 unspecified atom stereocenters. The van der Waals surface area contributed by atoms with E-state index in [0.717, 1.165) is 12.6 Å². The molecule has 0 bridgehead atoms. The van der Waals surface area contributed by atoms with E-state index in [-0.39, 0.29) is 0 Å². The maximum absolute atomic E-state index is 2.39. The molecular weight excluding hydrogens is 160 g/mol. The van der Waals surface area contributed by atoms with Crippen molar-refractivity contribution in [3.8, 4) is 0 Å². The molecule has 0 atom stereocenters. The van der Waals surface area contributed by atoms with Crippen molar-refractivity contribution in [3.63, 3.8) is 0 Å². The van der Waals surface area contributed by atoms with E-state index in [9.17, 15) is 0 Å². The molecule has 0 spiro atoms. The van der Waals surface area contributed by atoms with Gasteiger partial charge in [0.15, 0.2) is 0 Å². The predicted octanol–water partition coefficient (Wildman–Crippen LogP) is 2.30. The van der Waals surface area contributed by atoms with Crippen molar-refractivity contribution in [1.82, 2.24) is 4.57 Å². The van der Waals surface area contributed by atoms with Crippen molar-refractivity contribution in [2.75, 3.05) is 0 Å². The molecule has 1 aromatic rings. The van der Waals surface area contributed by atoms with Crippen molar-refractivity contribution in [2.45, 2.75) is 51.6 Å². The molecule has 1 aliphatic carbocycles. The summed E-state index contributed by atoms with van der Waals surface area (Å²) in [6.45, 7) is 3.27. The second kappa shape index (κ2) is 3.95. The van der Waals surface area contributed by atoms with Crippen LogP contribution in [0.4, 0.5) is 0 Å². The number of aryl methyl sites for hydroxylation is 1. The summed E-state index contributed by atoms with van der Waals surface area (Å²) in [5.74, 6) is 0. The quantitative estimate of drug-likeness (QED) is 0.616. The molecule has 13 heavy (non-hydrogen) atoms. The van der Waals surface area contributed by atoms with E-state index < -0.39 is 0 Å². The van der Waals surface area contributed by atoms with Crippen LogP contribution >= 0.6 is 0 Å². The summed E-state index contributed by atoms with van der Waals surface area (Å²) in [4.78, 5) is 0. The van der Waals surface area contributed by atoms with Crippen molar-refractivity contribution >= 4 is 0 Å².